The van der Waals surface area contributed by atoms with E-state index < -0.39 is 19.2 Å². The average molecular weight is 315 g/mol. The summed E-state index contributed by atoms with van der Waals surface area (Å²) in [5, 5.41) is 4.22. The molecule has 2 aromatic heterocycles. The van der Waals surface area contributed by atoms with Gasteiger partial charge < -0.3 is 4.74 Å². The van der Waals surface area contributed by atoms with Crippen LogP contribution in [-0.4, -0.2) is 27.5 Å². The van der Waals surface area contributed by atoms with Crippen molar-refractivity contribution in [3.8, 4) is 17.3 Å². The molecule has 0 aliphatic carbocycles. The number of halogens is 3. The average Bonchev–Trinajstić information content (AvgIpc) is 2.88. The van der Waals surface area contributed by atoms with E-state index in [1.807, 2.05) is 20.8 Å². The van der Waals surface area contributed by atoms with Gasteiger partial charge in [-0.15, -0.1) is 0 Å². The molecule has 0 bridgehead atoms. The summed E-state index contributed by atoms with van der Waals surface area (Å²) in [6, 6.07) is 5.09. The summed E-state index contributed by atoms with van der Waals surface area (Å²) in [5.74, 6) is 0.167. The van der Waals surface area contributed by atoms with E-state index in [0.29, 0.717) is 11.4 Å². The van der Waals surface area contributed by atoms with Crippen molar-refractivity contribution >= 4 is 0 Å². The largest absolute Gasteiger partial charge is 0.477 e. The molecule has 0 unspecified atom stereocenters. The highest BCUT2D eigenvalue weighted by Crippen LogP contribution is 2.23. The number of hydrogen-bond donors (Lipinski definition) is 0. The van der Waals surface area contributed by atoms with E-state index in [1.165, 1.54) is 0 Å². The Morgan fingerprint density at radius 3 is 2.41 bits per heavy atom. The van der Waals surface area contributed by atoms with Gasteiger partial charge in [-0.3, -0.25) is 4.68 Å². The monoisotopic (exact) mass is 315 g/mol. The van der Waals surface area contributed by atoms with Gasteiger partial charge in [0.05, 0.1) is 18.7 Å². The molecule has 4 nitrogen and oxygen atoms in total. The zero-order valence-electron chi connectivity index (χ0n) is 13.1. The number of aryl methyl sites for hydroxylation is 2. The second-order valence-electron chi connectivity index (χ2n) is 4.40. The highest BCUT2D eigenvalue weighted by atomic mass is 19.4. The second kappa shape index (κ2) is 7.82. The van der Waals surface area contributed by atoms with Gasteiger partial charge >= 0.3 is 6.18 Å². The van der Waals surface area contributed by atoms with Gasteiger partial charge in [-0.2, -0.15) is 18.3 Å². The molecule has 0 fully saturated rings. The summed E-state index contributed by atoms with van der Waals surface area (Å²) >= 11 is 0. The maximum absolute atomic E-state index is 12.1. The molecule has 122 valence electrons. The van der Waals surface area contributed by atoms with Crippen LogP contribution in [0, 0.1) is 6.92 Å². The van der Waals surface area contributed by atoms with E-state index in [9.17, 15) is 13.2 Å². The van der Waals surface area contributed by atoms with E-state index >= 15 is 0 Å². The minimum atomic E-state index is -4.23. The molecule has 2 heterocycles. The normalized spacial score (nSPS) is 10.9. The molecule has 0 radical (unpaired) electrons. The zero-order valence-corrected chi connectivity index (χ0v) is 13.1. The number of aromatic nitrogens is 3. The third-order valence-electron chi connectivity index (χ3n) is 2.66. The molecule has 0 aliphatic heterocycles. The fourth-order valence-electron chi connectivity index (χ4n) is 1.66. The summed E-state index contributed by atoms with van der Waals surface area (Å²) < 4.78 is 42.8. The van der Waals surface area contributed by atoms with Crippen molar-refractivity contribution in [1.29, 1.82) is 0 Å². The summed E-state index contributed by atoms with van der Waals surface area (Å²) in [6.07, 6.45) is -3.45. The van der Waals surface area contributed by atoms with Crippen molar-refractivity contribution in [2.45, 2.75) is 33.4 Å². The summed E-state index contributed by atoms with van der Waals surface area (Å²) in [5.41, 5.74) is 2.15. The molecule has 0 saturated heterocycles. The van der Waals surface area contributed by atoms with Crippen LogP contribution >= 0.6 is 0 Å². The first-order valence-corrected chi connectivity index (χ1v) is 7.02. The summed E-state index contributed by atoms with van der Waals surface area (Å²) in [7, 11) is 1.78. The Labute approximate surface area is 127 Å². The van der Waals surface area contributed by atoms with Gasteiger partial charge in [-0.05, 0) is 18.6 Å². The molecular formula is C15H20F3N3O. The Morgan fingerprint density at radius 2 is 1.86 bits per heavy atom. The van der Waals surface area contributed by atoms with E-state index in [-0.39, 0.29) is 5.88 Å². The number of hydrogen-bond acceptors (Lipinski definition) is 3. The molecule has 0 spiro atoms. The Bertz CT molecular complexity index is 594. The highest BCUT2D eigenvalue weighted by molar-refractivity contribution is 5.58. The zero-order chi connectivity index (χ0) is 16.8. The van der Waals surface area contributed by atoms with Crippen LogP contribution in [0.4, 0.5) is 13.2 Å². The number of nitrogens with zero attached hydrogens (tertiary/aromatic N) is 3. The highest BCUT2D eigenvalue weighted by Gasteiger charge is 2.27. The molecule has 0 atom stereocenters. The van der Waals surface area contributed by atoms with Gasteiger partial charge in [0, 0.05) is 19.3 Å². The van der Waals surface area contributed by atoms with Crippen molar-refractivity contribution in [1.82, 2.24) is 14.8 Å². The first-order chi connectivity index (χ1) is 10.3. The lowest BCUT2D eigenvalue weighted by molar-refractivity contribution is -0.139. The number of ether oxygens (including phenoxy) is 1. The minimum absolute atomic E-state index is 0.167. The molecular weight excluding hydrogens is 295 g/mol. The summed E-state index contributed by atoms with van der Waals surface area (Å²) in [6.45, 7) is 5.41. The lowest BCUT2D eigenvalue weighted by Gasteiger charge is -2.09. The fourth-order valence-corrected chi connectivity index (χ4v) is 1.66. The summed E-state index contributed by atoms with van der Waals surface area (Å²) in [4.78, 5) is 4.21. The molecule has 0 N–H and O–H groups in total. The minimum Gasteiger partial charge on any atom is -0.477 e. The van der Waals surface area contributed by atoms with Gasteiger partial charge in [-0.1, -0.05) is 19.9 Å². The maximum Gasteiger partial charge on any atom is 0.392 e. The van der Waals surface area contributed by atoms with Gasteiger partial charge in [0.25, 0.3) is 0 Å². The quantitative estimate of drug-likeness (QED) is 0.851. The fraction of sp³-hybridized carbons (Fsp3) is 0.467. The predicted octanol–water partition coefficient (Wildman–Crippen LogP) is 4.15. The van der Waals surface area contributed by atoms with Crippen LogP contribution in [0.1, 0.15) is 25.8 Å². The molecule has 2 aromatic rings. The van der Waals surface area contributed by atoms with Crippen LogP contribution in [0.5, 0.6) is 5.88 Å². The first-order valence-electron chi connectivity index (χ1n) is 7.02. The smallest absolute Gasteiger partial charge is 0.392 e. The second-order valence-corrected chi connectivity index (χ2v) is 4.40. The SMILES string of the molecule is CC.Cc1ccc(OCCC(F)(F)F)nc1-c1ccn(C)n1. The van der Waals surface area contributed by atoms with Crippen molar-refractivity contribution in [2.75, 3.05) is 6.61 Å². The molecule has 0 saturated carbocycles. The molecule has 0 amide bonds. The molecule has 0 aromatic carbocycles. The number of pyridine rings is 1. The molecule has 7 heteroatoms. The standard InChI is InChI=1S/C13H14F3N3O.C2H6/c1-9-3-4-11(20-8-6-13(14,15)16)17-12(9)10-5-7-19(2)18-10;1-2/h3-5,7H,6,8H2,1-2H3;1-2H3. The third-order valence-corrected chi connectivity index (χ3v) is 2.66. The Hall–Kier alpha value is -2.05. The van der Waals surface area contributed by atoms with Crippen molar-refractivity contribution < 1.29 is 17.9 Å². The molecule has 0 aliphatic rings. The van der Waals surface area contributed by atoms with E-state index in [4.69, 9.17) is 4.74 Å². The van der Waals surface area contributed by atoms with Gasteiger partial charge in [0.1, 0.15) is 5.69 Å². The van der Waals surface area contributed by atoms with Crippen LogP contribution in [0.3, 0.4) is 0 Å². The van der Waals surface area contributed by atoms with Crippen molar-refractivity contribution in [3.05, 3.63) is 30.0 Å². The van der Waals surface area contributed by atoms with E-state index in [1.54, 1.807) is 36.1 Å². The van der Waals surface area contributed by atoms with Gasteiger partial charge in [0.15, 0.2) is 0 Å². The third kappa shape index (κ3) is 5.38. The van der Waals surface area contributed by atoms with E-state index in [2.05, 4.69) is 10.1 Å². The number of alkyl halides is 3. The topological polar surface area (TPSA) is 39.9 Å². The Morgan fingerprint density at radius 1 is 1.18 bits per heavy atom. The Balaban J connectivity index is 0.00000116. The van der Waals surface area contributed by atoms with Crippen LogP contribution in [0.2, 0.25) is 0 Å². The lowest BCUT2D eigenvalue weighted by atomic mass is 10.2. The van der Waals surface area contributed by atoms with Crippen LogP contribution in [0.15, 0.2) is 24.4 Å². The van der Waals surface area contributed by atoms with Crippen LogP contribution in [0.25, 0.3) is 11.4 Å². The molecule has 22 heavy (non-hydrogen) atoms. The Kier molecular flexibility index (Phi) is 6.39. The van der Waals surface area contributed by atoms with Crippen molar-refractivity contribution in [3.63, 3.8) is 0 Å². The number of rotatable bonds is 4. The van der Waals surface area contributed by atoms with Crippen molar-refractivity contribution in [2.24, 2.45) is 7.05 Å². The lowest BCUT2D eigenvalue weighted by Crippen LogP contribution is -2.13. The predicted molar refractivity (Wildman–Crippen MR) is 78.7 cm³/mol. The van der Waals surface area contributed by atoms with Gasteiger partial charge in [-0.25, -0.2) is 4.98 Å². The first kappa shape index (κ1) is 18.0. The van der Waals surface area contributed by atoms with Crippen LogP contribution < -0.4 is 4.74 Å². The van der Waals surface area contributed by atoms with E-state index in [0.717, 1.165) is 5.56 Å². The molecule has 2 rings (SSSR count). The van der Waals surface area contributed by atoms with Gasteiger partial charge in [0.2, 0.25) is 5.88 Å². The van der Waals surface area contributed by atoms with Crippen LogP contribution in [-0.2, 0) is 7.05 Å². The maximum atomic E-state index is 12.1.